The van der Waals surface area contributed by atoms with Crippen LogP contribution in [0.25, 0.3) is 0 Å². The summed E-state index contributed by atoms with van der Waals surface area (Å²) in [4.78, 5) is 0.984. The molecule has 6 atom stereocenters. The number of thioether (sulfide) groups is 1. The molecule has 7 nitrogen and oxygen atoms in total. The summed E-state index contributed by atoms with van der Waals surface area (Å²) in [5, 5.41) is 21.1. The molecule has 0 bridgehead atoms. The quantitative estimate of drug-likeness (QED) is 0.192. The van der Waals surface area contributed by atoms with Gasteiger partial charge in [-0.3, -0.25) is 0 Å². The summed E-state index contributed by atoms with van der Waals surface area (Å²) in [6, 6.07) is 37.4. The van der Waals surface area contributed by atoms with E-state index in [1.54, 1.807) is 7.11 Å². The minimum Gasteiger partial charge on any atom is -0.497 e. The van der Waals surface area contributed by atoms with Crippen LogP contribution in [0.2, 0.25) is 0 Å². The van der Waals surface area contributed by atoms with Gasteiger partial charge in [0.15, 0.2) is 0 Å². The Bertz CT molecular complexity index is 1340. The Morgan fingerprint density at radius 3 is 1.67 bits per heavy atom. The van der Waals surface area contributed by atoms with Crippen LogP contribution in [0, 0.1) is 0 Å². The van der Waals surface area contributed by atoms with Crippen LogP contribution in [0.5, 0.6) is 5.75 Å². The molecule has 5 rings (SSSR count). The van der Waals surface area contributed by atoms with E-state index in [1.165, 1.54) is 11.8 Å². The Morgan fingerprint density at radius 1 is 0.651 bits per heavy atom. The first-order valence-corrected chi connectivity index (χ1v) is 15.2. The third-order valence-corrected chi connectivity index (χ3v) is 8.42. The van der Waals surface area contributed by atoms with Crippen LogP contribution >= 0.6 is 11.8 Å². The molecule has 0 amide bonds. The van der Waals surface area contributed by atoms with Crippen LogP contribution in [0.1, 0.15) is 16.7 Å². The molecular formula is C35H38O7S. The Labute approximate surface area is 257 Å². The van der Waals surface area contributed by atoms with Gasteiger partial charge in [0, 0.05) is 4.90 Å². The Hall–Kier alpha value is -3.21. The first-order chi connectivity index (χ1) is 21.1. The molecule has 4 aromatic carbocycles. The third kappa shape index (κ3) is 8.68. The second-order valence-corrected chi connectivity index (χ2v) is 11.5. The van der Waals surface area contributed by atoms with Crippen molar-refractivity contribution in [3.05, 3.63) is 132 Å². The van der Waals surface area contributed by atoms with Crippen molar-refractivity contribution in [3.8, 4) is 5.75 Å². The minimum absolute atomic E-state index is 0.236. The van der Waals surface area contributed by atoms with Gasteiger partial charge >= 0.3 is 0 Å². The lowest BCUT2D eigenvalue weighted by Gasteiger charge is -2.47. The summed E-state index contributed by atoms with van der Waals surface area (Å²) >= 11 is 1.50. The van der Waals surface area contributed by atoms with Gasteiger partial charge in [0.2, 0.25) is 0 Å². The van der Waals surface area contributed by atoms with E-state index in [1.807, 2.05) is 115 Å². The average Bonchev–Trinajstić information content (AvgIpc) is 3.07. The second kappa shape index (κ2) is 16.0. The van der Waals surface area contributed by atoms with Gasteiger partial charge in [-0.25, -0.2) is 0 Å². The molecule has 1 saturated heterocycles. The molecule has 0 radical (unpaired) electrons. The number of aliphatic hydroxyl groups is 2. The van der Waals surface area contributed by atoms with Gasteiger partial charge in [-0.1, -0.05) is 103 Å². The number of benzene rings is 4. The number of ether oxygens (including phenoxy) is 5. The van der Waals surface area contributed by atoms with Crippen LogP contribution < -0.4 is 4.74 Å². The highest BCUT2D eigenvalue weighted by Crippen LogP contribution is 2.39. The summed E-state index contributed by atoms with van der Waals surface area (Å²) in [5.41, 5.74) is 2.37. The summed E-state index contributed by atoms with van der Waals surface area (Å²) in [6.45, 7) is 0.393. The molecule has 43 heavy (non-hydrogen) atoms. The molecule has 0 unspecified atom stereocenters. The van der Waals surface area contributed by atoms with Gasteiger partial charge in [0.05, 0.1) is 33.5 Å². The predicted molar refractivity (Wildman–Crippen MR) is 166 cm³/mol. The Kier molecular flexibility index (Phi) is 11.6. The predicted octanol–water partition coefficient (Wildman–Crippen LogP) is 5.62. The molecule has 1 fully saturated rings. The fraction of sp³-hybridized carbons (Fsp3) is 0.314. The van der Waals surface area contributed by atoms with Crippen LogP contribution in [0.15, 0.2) is 120 Å². The van der Waals surface area contributed by atoms with Crippen molar-refractivity contribution in [1.82, 2.24) is 0 Å². The molecule has 2 N–H and O–H groups in total. The molecule has 1 aliphatic rings. The van der Waals surface area contributed by atoms with Gasteiger partial charge in [-0.2, -0.15) is 0 Å². The fourth-order valence-corrected chi connectivity index (χ4v) is 6.11. The van der Waals surface area contributed by atoms with Crippen molar-refractivity contribution < 1.29 is 33.9 Å². The summed E-state index contributed by atoms with van der Waals surface area (Å²) < 4.78 is 31.6. The second-order valence-electron chi connectivity index (χ2n) is 10.3. The first kappa shape index (κ1) is 31.2. The molecule has 1 heterocycles. The lowest BCUT2D eigenvalue weighted by Crippen LogP contribution is -2.62. The van der Waals surface area contributed by atoms with E-state index in [9.17, 15) is 10.2 Å². The SMILES string of the molecule is COc1ccc(CO[C@H]2[C@H](OCc3ccccc3)[C@H](OCc3ccccc3)[C@@H](Sc3ccccc3)O[C@@H]2[C@H](O)CO)cc1. The van der Waals surface area contributed by atoms with Crippen molar-refractivity contribution in [2.24, 2.45) is 0 Å². The standard InChI is InChI=1S/C35H38O7S/c1-38-28-19-17-27(18-20-28)24-39-32-31(30(37)21-36)42-35(43-29-15-9-4-10-16-29)34(41-23-26-13-7-3-8-14-26)33(32)40-22-25-11-5-2-6-12-25/h2-20,30-37H,21-24H2,1H3/t30-,31-,32-,33+,34+,35-/m1/s1. The van der Waals surface area contributed by atoms with E-state index in [2.05, 4.69) is 0 Å². The molecular weight excluding hydrogens is 564 g/mol. The summed E-state index contributed by atoms with van der Waals surface area (Å²) in [5.74, 6) is 0.748. The van der Waals surface area contributed by atoms with E-state index in [4.69, 9.17) is 23.7 Å². The van der Waals surface area contributed by atoms with Crippen molar-refractivity contribution in [3.63, 3.8) is 0 Å². The number of hydrogen-bond acceptors (Lipinski definition) is 8. The Balaban J connectivity index is 1.47. The van der Waals surface area contributed by atoms with Crippen LogP contribution in [-0.4, -0.2) is 59.9 Å². The zero-order chi connectivity index (χ0) is 29.9. The first-order valence-electron chi connectivity index (χ1n) is 14.4. The maximum absolute atomic E-state index is 11.0. The maximum Gasteiger partial charge on any atom is 0.137 e. The largest absolute Gasteiger partial charge is 0.497 e. The molecule has 0 saturated carbocycles. The van der Waals surface area contributed by atoms with Gasteiger partial charge < -0.3 is 33.9 Å². The van der Waals surface area contributed by atoms with Crippen molar-refractivity contribution in [2.45, 2.75) is 60.7 Å². The highest BCUT2D eigenvalue weighted by Gasteiger charge is 2.50. The highest BCUT2D eigenvalue weighted by molar-refractivity contribution is 7.99. The highest BCUT2D eigenvalue weighted by atomic mass is 32.2. The monoisotopic (exact) mass is 602 g/mol. The maximum atomic E-state index is 11.0. The molecule has 0 aliphatic carbocycles. The molecule has 4 aromatic rings. The van der Waals surface area contributed by atoms with Crippen molar-refractivity contribution in [2.75, 3.05) is 13.7 Å². The zero-order valence-corrected chi connectivity index (χ0v) is 24.9. The molecule has 8 heteroatoms. The lowest BCUT2D eigenvalue weighted by atomic mass is 9.95. The topological polar surface area (TPSA) is 86.6 Å². The number of methoxy groups -OCH3 is 1. The molecule has 1 aliphatic heterocycles. The van der Waals surface area contributed by atoms with Gasteiger partial charge in [-0.15, -0.1) is 0 Å². The summed E-state index contributed by atoms with van der Waals surface area (Å²) in [7, 11) is 1.62. The lowest BCUT2D eigenvalue weighted by molar-refractivity contribution is -0.264. The van der Waals surface area contributed by atoms with Crippen LogP contribution in [-0.2, 0) is 38.8 Å². The molecule has 226 valence electrons. The number of aliphatic hydroxyl groups excluding tert-OH is 2. The van der Waals surface area contributed by atoms with Crippen molar-refractivity contribution in [1.29, 1.82) is 0 Å². The normalized spacial score (nSPS) is 22.6. The van der Waals surface area contributed by atoms with E-state index in [0.29, 0.717) is 13.2 Å². The van der Waals surface area contributed by atoms with E-state index < -0.39 is 42.6 Å². The van der Waals surface area contributed by atoms with E-state index >= 15 is 0 Å². The van der Waals surface area contributed by atoms with Gasteiger partial charge in [-0.05, 0) is 41.0 Å². The number of rotatable bonds is 14. The fourth-order valence-electron chi connectivity index (χ4n) is 4.98. The van der Waals surface area contributed by atoms with E-state index in [-0.39, 0.29) is 6.61 Å². The van der Waals surface area contributed by atoms with E-state index in [0.717, 1.165) is 27.3 Å². The molecule has 0 spiro atoms. The van der Waals surface area contributed by atoms with Crippen LogP contribution in [0.4, 0.5) is 0 Å². The zero-order valence-electron chi connectivity index (χ0n) is 24.1. The number of hydrogen-bond donors (Lipinski definition) is 2. The van der Waals surface area contributed by atoms with Gasteiger partial charge in [0.1, 0.15) is 41.7 Å². The Morgan fingerprint density at radius 2 is 1.14 bits per heavy atom. The van der Waals surface area contributed by atoms with Crippen LogP contribution in [0.3, 0.4) is 0 Å². The minimum atomic E-state index is -1.20. The molecule has 0 aromatic heterocycles. The van der Waals surface area contributed by atoms with Crippen molar-refractivity contribution >= 4 is 11.8 Å². The van der Waals surface area contributed by atoms with Gasteiger partial charge in [0.25, 0.3) is 0 Å². The smallest absolute Gasteiger partial charge is 0.137 e. The third-order valence-electron chi connectivity index (χ3n) is 7.26. The summed E-state index contributed by atoms with van der Waals surface area (Å²) in [6.07, 6.45) is -4.03. The average molecular weight is 603 g/mol.